The van der Waals surface area contributed by atoms with Gasteiger partial charge in [-0.05, 0) is 49.7 Å². The second-order valence-electron chi connectivity index (χ2n) is 7.96. The Labute approximate surface area is 200 Å². The van der Waals surface area contributed by atoms with Gasteiger partial charge >= 0.3 is 18.3 Å². The average Bonchev–Trinajstić information content (AvgIpc) is 3.25. The lowest BCUT2D eigenvalue weighted by molar-refractivity contribution is -0.153. The summed E-state index contributed by atoms with van der Waals surface area (Å²) < 4.78 is 94.1. The van der Waals surface area contributed by atoms with Gasteiger partial charge in [0.2, 0.25) is 5.82 Å². The van der Waals surface area contributed by atoms with Crippen LogP contribution in [0.1, 0.15) is 36.4 Å². The van der Waals surface area contributed by atoms with Gasteiger partial charge in [0, 0.05) is 12.0 Å². The van der Waals surface area contributed by atoms with Gasteiger partial charge in [-0.25, -0.2) is 4.79 Å². The Kier molecular flexibility index (Phi) is 7.92. The van der Waals surface area contributed by atoms with E-state index in [1.807, 2.05) is 0 Å². The molecule has 1 aromatic heterocycles. The molecule has 0 saturated heterocycles. The molecule has 0 radical (unpaired) electrons. The smallest absolute Gasteiger partial charge is 0.416 e. The van der Waals surface area contributed by atoms with E-state index in [0.29, 0.717) is 23.4 Å². The Morgan fingerprint density at radius 1 is 1.00 bits per heavy atom. The van der Waals surface area contributed by atoms with Crippen LogP contribution in [0.4, 0.5) is 26.3 Å². The van der Waals surface area contributed by atoms with Crippen molar-refractivity contribution in [3.05, 3.63) is 65.0 Å². The molecular formula is C23H20F6N2O5. The van der Waals surface area contributed by atoms with Gasteiger partial charge in [-0.2, -0.15) is 31.3 Å². The molecule has 0 unspecified atom stereocenters. The minimum absolute atomic E-state index is 0.00117. The maximum absolute atomic E-state index is 13.1. The van der Waals surface area contributed by atoms with Gasteiger partial charge < -0.3 is 19.1 Å². The molecule has 194 valence electrons. The van der Waals surface area contributed by atoms with E-state index in [4.69, 9.17) is 14.0 Å². The zero-order valence-electron chi connectivity index (χ0n) is 18.9. The van der Waals surface area contributed by atoms with Crippen molar-refractivity contribution >= 4 is 5.97 Å². The number of benzene rings is 2. The van der Waals surface area contributed by atoms with E-state index in [0.717, 1.165) is 0 Å². The number of alkyl halides is 6. The van der Waals surface area contributed by atoms with Crippen LogP contribution >= 0.6 is 0 Å². The Morgan fingerprint density at radius 3 is 2.08 bits per heavy atom. The number of halogens is 6. The standard InChI is InChI=1S/C23H20F6N2O5/c1-12(2)35-18(21(32)33)7-13-3-5-17(6-4-13)34-11-19-30-20(36-31-19)14-8-15(22(24,25)26)10-16(9-14)23(27,28)29/h3-6,8-10,12,18H,7,11H2,1-2H3,(H,32,33)/t18-/m1/s1. The van der Waals surface area contributed by atoms with E-state index in [1.54, 1.807) is 38.1 Å². The molecule has 0 aliphatic heterocycles. The van der Waals surface area contributed by atoms with Crippen molar-refractivity contribution in [2.24, 2.45) is 0 Å². The van der Waals surface area contributed by atoms with Gasteiger partial charge in [-0.3, -0.25) is 0 Å². The minimum atomic E-state index is -5.01. The predicted molar refractivity (Wildman–Crippen MR) is 112 cm³/mol. The molecule has 0 aliphatic rings. The molecule has 36 heavy (non-hydrogen) atoms. The number of aliphatic carboxylic acids is 1. The van der Waals surface area contributed by atoms with E-state index in [2.05, 4.69) is 10.1 Å². The largest absolute Gasteiger partial charge is 0.485 e. The number of hydrogen-bond donors (Lipinski definition) is 1. The number of carboxylic acids is 1. The lowest BCUT2D eigenvalue weighted by Gasteiger charge is -2.16. The van der Waals surface area contributed by atoms with Gasteiger partial charge in [0.25, 0.3) is 5.89 Å². The summed E-state index contributed by atoms with van der Waals surface area (Å²) in [6.07, 6.45) is -11.2. The summed E-state index contributed by atoms with van der Waals surface area (Å²) in [4.78, 5) is 15.1. The second kappa shape index (κ2) is 10.6. The van der Waals surface area contributed by atoms with Crippen LogP contribution in [0.25, 0.3) is 11.5 Å². The van der Waals surface area contributed by atoms with Crippen molar-refractivity contribution in [3.8, 4) is 17.2 Å². The second-order valence-corrected chi connectivity index (χ2v) is 7.96. The SMILES string of the molecule is CC(C)O[C@H](Cc1ccc(OCc2noc(-c3cc(C(F)(F)F)cc(C(F)(F)F)c3)n2)cc1)C(=O)O. The number of carbonyl (C=O) groups is 1. The lowest BCUT2D eigenvalue weighted by atomic mass is 10.0. The fourth-order valence-electron chi connectivity index (χ4n) is 3.11. The van der Waals surface area contributed by atoms with Crippen molar-refractivity contribution in [2.45, 2.75) is 51.4 Å². The number of nitrogens with zero attached hydrogens (tertiary/aromatic N) is 2. The molecule has 0 bridgehead atoms. The fourth-order valence-corrected chi connectivity index (χ4v) is 3.11. The van der Waals surface area contributed by atoms with Crippen LogP contribution in [0.3, 0.4) is 0 Å². The van der Waals surface area contributed by atoms with E-state index in [-0.39, 0.29) is 31.0 Å². The van der Waals surface area contributed by atoms with Gasteiger partial charge in [0.15, 0.2) is 12.7 Å². The number of hydrogen-bond acceptors (Lipinski definition) is 6. The lowest BCUT2D eigenvalue weighted by Crippen LogP contribution is -2.29. The molecule has 3 aromatic rings. The molecule has 1 heterocycles. The number of carboxylic acid groups (broad SMARTS) is 1. The first-order valence-corrected chi connectivity index (χ1v) is 10.4. The maximum atomic E-state index is 13.1. The van der Waals surface area contributed by atoms with Gasteiger partial charge in [-0.1, -0.05) is 17.3 Å². The first-order valence-electron chi connectivity index (χ1n) is 10.4. The van der Waals surface area contributed by atoms with Crippen LogP contribution in [0, 0.1) is 0 Å². The summed E-state index contributed by atoms with van der Waals surface area (Å²) in [5, 5.41) is 12.8. The Balaban J connectivity index is 1.70. The van der Waals surface area contributed by atoms with E-state index >= 15 is 0 Å². The van der Waals surface area contributed by atoms with Crippen molar-refractivity contribution in [2.75, 3.05) is 0 Å². The van der Waals surface area contributed by atoms with Crippen molar-refractivity contribution < 1.29 is 50.2 Å². The molecule has 0 amide bonds. The number of ether oxygens (including phenoxy) is 2. The van der Waals surface area contributed by atoms with Crippen molar-refractivity contribution in [1.82, 2.24) is 10.1 Å². The summed E-state index contributed by atoms with van der Waals surface area (Å²) in [6, 6.07) is 7.32. The van der Waals surface area contributed by atoms with Gasteiger partial charge in [-0.15, -0.1) is 0 Å². The average molecular weight is 518 g/mol. The zero-order valence-corrected chi connectivity index (χ0v) is 18.9. The van der Waals surface area contributed by atoms with Crippen LogP contribution < -0.4 is 4.74 Å². The monoisotopic (exact) mass is 518 g/mol. The molecule has 13 heteroatoms. The molecular weight excluding hydrogens is 498 g/mol. The summed E-state index contributed by atoms with van der Waals surface area (Å²) in [7, 11) is 0. The highest BCUT2D eigenvalue weighted by atomic mass is 19.4. The molecule has 1 atom stereocenters. The van der Waals surface area contributed by atoms with Crippen molar-refractivity contribution in [3.63, 3.8) is 0 Å². The van der Waals surface area contributed by atoms with E-state index in [9.17, 15) is 36.2 Å². The van der Waals surface area contributed by atoms with Crippen LogP contribution in [-0.4, -0.2) is 33.4 Å². The minimum Gasteiger partial charge on any atom is -0.485 e. The highest BCUT2D eigenvalue weighted by molar-refractivity contribution is 5.72. The van der Waals surface area contributed by atoms with Gasteiger partial charge in [0.1, 0.15) is 5.75 Å². The number of aromatic nitrogens is 2. The third kappa shape index (κ3) is 7.20. The first-order chi connectivity index (χ1) is 16.7. The first kappa shape index (κ1) is 27.0. The third-order valence-electron chi connectivity index (χ3n) is 4.73. The quantitative estimate of drug-likeness (QED) is 0.359. The molecule has 1 N–H and O–H groups in total. The summed E-state index contributed by atoms with van der Waals surface area (Å²) >= 11 is 0. The Morgan fingerprint density at radius 2 is 1.58 bits per heavy atom. The van der Waals surface area contributed by atoms with Crippen molar-refractivity contribution in [1.29, 1.82) is 0 Å². The van der Waals surface area contributed by atoms with E-state index < -0.39 is 47.0 Å². The summed E-state index contributed by atoms with van der Waals surface area (Å²) in [6.45, 7) is 3.15. The molecule has 7 nitrogen and oxygen atoms in total. The maximum Gasteiger partial charge on any atom is 0.416 e. The van der Waals surface area contributed by atoms with Crippen LogP contribution in [0.5, 0.6) is 5.75 Å². The highest BCUT2D eigenvalue weighted by Gasteiger charge is 2.37. The van der Waals surface area contributed by atoms with Gasteiger partial charge in [0.05, 0.1) is 17.2 Å². The fraction of sp³-hybridized carbons (Fsp3) is 0.348. The number of rotatable bonds is 9. The predicted octanol–water partition coefficient (Wildman–Crippen LogP) is 5.77. The third-order valence-corrected chi connectivity index (χ3v) is 4.73. The molecule has 0 saturated carbocycles. The van der Waals surface area contributed by atoms with Crippen LogP contribution in [-0.2, 0) is 34.9 Å². The van der Waals surface area contributed by atoms with E-state index in [1.165, 1.54) is 0 Å². The molecule has 0 fully saturated rings. The zero-order chi connectivity index (χ0) is 26.7. The molecule has 0 aliphatic carbocycles. The Hall–Kier alpha value is -3.61. The highest BCUT2D eigenvalue weighted by Crippen LogP contribution is 2.38. The molecule has 3 rings (SSSR count). The summed E-state index contributed by atoms with van der Waals surface area (Å²) in [5.41, 5.74) is -2.89. The Bertz CT molecular complexity index is 1160. The molecule has 2 aromatic carbocycles. The van der Waals surface area contributed by atoms with Crippen LogP contribution in [0.2, 0.25) is 0 Å². The molecule has 0 spiro atoms. The van der Waals surface area contributed by atoms with Crippen LogP contribution in [0.15, 0.2) is 47.0 Å². The normalized spacial score (nSPS) is 13.1. The topological polar surface area (TPSA) is 94.7 Å². The summed E-state index contributed by atoms with van der Waals surface area (Å²) in [5.74, 6) is -1.41.